The molecule has 3 fully saturated rings. The van der Waals surface area contributed by atoms with Gasteiger partial charge in [-0.2, -0.15) is 4.31 Å². The van der Waals surface area contributed by atoms with Crippen molar-refractivity contribution in [1.29, 1.82) is 0 Å². The van der Waals surface area contributed by atoms with Gasteiger partial charge in [-0.05, 0) is 18.4 Å². The summed E-state index contributed by atoms with van der Waals surface area (Å²) in [5.74, 6) is 0.261. The number of hydrogen-bond donors (Lipinski definition) is 1. The molecule has 2 saturated heterocycles. The SMILES string of the molecule is NC/C(=C/F)COc1ccc(S(=O)(=O)N2C[C@H]3C[C@@]3(C(=O)N3CCOCC3)C2)cn1. The molecule has 0 aromatic carbocycles. The highest BCUT2D eigenvalue weighted by Crippen LogP contribution is 2.59. The van der Waals surface area contributed by atoms with Gasteiger partial charge in [0.15, 0.2) is 0 Å². The van der Waals surface area contributed by atoms with Crippen LogP contribution < -0.4 is 10.5 Å². The average molecular weight is 440 g/mol. The van der Waals surface area contributed by atoms with Crippen LogP contribution in [-0.4, -0.2) is 81.1 Å². The Hall–Kier alpha value is -2.08. The predicted molar refractivity (Wildman–Crippen MR) is 105 cm³/mol. The van der Waals surface area contributed by atoms with E-state index in [0.29, 0.717) is 39.2 Å². The number of morpholine rings is 1. The minimum absolute atomic E-state index is 0.0179. The van der Waals surface area contributed by atoms with Gasteiger partial charge in [-0.15, -0.1) is 0 Å². The Morgan fingerprint density at radius 1 is 1.40 bits per heavy atom. The fourth-order valence-corrected chi connectivity index (χ4v) is 5.59. The normalized spacial score (nSPS) is 27.1. The number of carbonyl (C=O) groups is 1. The van der Waals surface area contributed by atoms with Crippen molar-refractivity contribution in [3.63, 3.8) is 0 Å². The van der Waals surface area contributed by atoms with Gasteiger partial charge in [0.2, 0.25) is 21.8 Å². The first kappa shape index (κ1) is 21.2. The molecule has 1 aliphatic carbocycles. The van der Waals surface area contributed by atoms with Crippen LogP contribution in [0.15, 0.2) is 35.1 Å². The summed E-state index contributed by atoms with van der Waals surface area (Å²) in [4.78, 5) is 18.8. The number of halogens is 1. The molecule has 3 aliphatic rings. The maximum Gasteiger partial charge on any atom is 0.244 e. The summed E-state index contributed by atoms with van der Waals surface area (Å²) >= 11 is 0. The number of carbonyl (C=O) groups excluding carboxylic acids is 1. The van der Waals surface area contributed by atoms with Crippen LogP contribution in [0.4, 0.5) is 4.39 Å². The van der Waals surface area contributed by atoms with E-state index in [-0.39, 0.29) is 47.9 Å². The molecule has 2 atom stereocenters. The second-order valence-corrected chi connectivity index (χ2v) is 9.79. The first-order valence-corrected chi connectivity index (χ1v) is 11.3. The Morgan fingerprint density at radius 3 is 2.80 bits per heavy atom. The summed E-state index contributed by atoms with van der Waals surface area (Å²) in [5, 5.41) is 0. The van der Waals surface area contributed by atoms with Crippen molar-refractivity contribution < 1.29 is 27.1 Å². The standard InChI is InChI=1S/C19H25FN4O5S/c20-8-14(9-21)12-29-17-2-1-16(10-22-17)30(26,27)24-11-15-7-19(15,13-24)18(25)23-3-5-28-6-4-23/h1-2,8,10,15H,3-7,9,11-13,21H2/b14-8-/t15-,19-/m1/s1. The van der Waals surface area contributed by atoms with Gasteiger partial charge < -0.3 is 20.1 Å². The molecule has 2 aliphatic heterocycles. The van der Waals surface area contributed by atoms with Crippen molar-refractivity contribution in [2.75, 3.05) is 52.5 Å². The molecule has 3 heterocycles. The number of ether oxygens (including phenoxy) is 2. The van der Waals surface area contributed by atoms with E-state index in [4.69, 9.17) is 15.2 Å². The van der Waals surface area contributed by atoms with Crippen LogP contribution in [-0.2, 0) is 19.6 Å². The third-order valence-corrected chi connectivity index (χ3v) is 7.80. The van der Waals surface area contributed by atoms with Gasteiger partial charge in [0, 0.05) is 44.4 Å². The molecule has 0 spiro atoms. The van der Waals surface area contributed by atoms with Crippen LogP contribution in [0.1, 0.15) is 6.42 Å². The second-order valence-electron chi connectivity index (χ2n) is 7.85. The Balaban J connectivity index is 1.41. The van der Waals surface area contributed by atoms with E-state index in [0.717, 1.165) is 6.42 Å². The summed E-state index contributed by atoms with van der Waals surface area (Å²) in [7, 11) is -3.77. The zero-order valence-corrected chi connectivity index (χ0v) is 17.3. The van der Waals surface area contributed by atoms with Crippen LogP contribution in [0.25, 0.3) is 0 Å². The zero-order valence-electron chi connectivity index (χ0n) is 16.5. The second kappa shape index (κ2) is 8.22. The van der Waals surface area contributed by atoms with Gasteiger partial charge in [0.1, 0.15) is 11.5 Å². The zero-order chi connectivity index (χ0) is 21.4. The van der Waals surface area contributed by atoms with Crippen molar-refractivity contribution in [2.24, 2.45) is 17.1 Å². The van der Waals surface area contributed by atoms with E-state index < -0.39 is 15.4 Å². The summed E-state index contributed by atoms with van der Waals surface area (Å²) < 4.78 is 50.6. The topological polar surface area (TPSA) is 115 Å². The number of sulfonamides is 1. The highest BCUT2D eigenvalue weighted by atomic mass is 32.2. The van der Waals surface area contributed by atoms with Gasteiger partial charge in [-0.1, -0.05) is 0 Å². The molecule has 1 aromatic rings. The van der Waals surface area contributed by atoms with Crippen molar-refractivity contribution in [3.05, 3.63) is 30.2 Å². The van der Waals surface area contributed by atoms with E-state index in [1.807, 2.05) is 0 Å². The lowest BCUT2D eigenvalue weighted by atomic mass is 10.0. The van der Waals surface area contributed by atoms with Crippen LogP contribution >= 0.6 is 0 Å². The van der Waals surface area contributed by atoms with Gasteiger partial charge >= 0.3 is 0 Å². The molecule has 11 heteroatoms. The fraction of sp³-hybridized carbons (Fsp3) is 0.579. The molecule has 30 heavy (non-hydrogen) atoms. The average Bonchev–Trinajstić information content (AvgIpc) is 3.35. The van der Waals surface area contributed by atoms with E-state index in [2.05, 4.69) is 4.98 Å². The van der Waals surface area contributed by atoms with Gasteiger partial charge in [0.05, 0.1) is 31.2 Å². The number of pyridine rings is 1. The number of fused-ring (bicyclic) bond motifs is 1. The van der Waals surface area contributed by atoms with Crippen LogP contribution in [0.2, 0.25) is 0 Å². The first-order valence-electron chi connectivity index (χ1n) is 9.85. The van der Waals surface area contributed by atoms with E-state index in [9.17, 15) is 17.6 Å². The van der Waals surface area contributed by atoms with Crippen molar-refractivity contribution in [2.45, 2.75) is 11.3 Å². The Bertz CT molecular complexity index is 933. The lowest BCUT2D eigenvalue weighted by molar-refractivity contribution is -0.141. The number of piperidine rings is 1. The lowest BCUT2D eigenvalue weighted by Gasteiger charge is -2.30. The summed E-state index contributed by atoms with van der Waals surface area (Å²) in [6.07, 6.45) is 2.32. The highest BCUT2D eigenvalue weighted by molar-refractivity contribution is 7.89. The summed E-state index contributed by atoms with van der Waals surface area (Å²) in [6, 6.07) is 2.82. The summed E-state index contributed by atoms with van der Waals surface area (Å²) in [5.41, 5.74) is 5.03. The van der Waals surface area contributed by atoms with E-state index in [1.165, 1.54) is 22.6 Å². The quantitative estimate of drug-likeness (QED) is 0.641. The van der Waals surface area contributed by atoms with Gasteiger partial charge in [-0.25, -0.2) is 17.8 Å². The Kier molecular flexibility index (Phi) is 5.80. The number of rotatable bonds is 7. The monoisotopic (exact) mass is 440 g/mol. The molecule has 1 saturated carbocycles. The molecule has 9 nitrogen and oxygen atoms in total. The predicted octanol–water partition coefficient (Wildman–Crippen LogP) is 0.142. The van der Waals surface area contributed by atoms with Crippen LogP contribution in [0.5, 0.6) is 5.88 Å². The maximum atomic E-state index is 13.0. The van der Waals surface area contributed by atoms with Crippen molar-refractivity contribution >= 4 is 15.9 Å². The Morgan fingerprint density at radius 2 is 2.17 bits per heavy atom. The molecular formula is C19H25FN4O5S. The minimum Gasteiger partial charge on any atom is -0.473 e. The molecule has 2 N–H and O–H groups in total. The minimum atomic E-state index is -3.77. The third kappa shape index (κ3) is 3.82. The number of aromatic nitrogens is 1. The molecule has 0 unspecified atom stereocenters. The van der Waals surface area contributed by atoms with Crippen LogP contribution in [0.3, 0.4) is 0 Å². The lowest BCUT2D eigenvalue weighted by Crippen LogP contribution is -2.46. The summed E-state index contributed by atoms with van der Waals surface area (Å²) in [6.45, 7) is 2.61. The van der Waals surface area contributed by atoms with Gasteiger partial charge in [0.25, 0.3) is 0 Å². The van der Waals surface area contributed by atoms with Crippen LogP contribution in [0, 0.1) is 11.3 Å². The molecular weight excluding hydrogens is 415 g/mol. The van der Waals surface area contributed by atoms with E-state index >= 15 is 0 Å². The fourth-order valence-electron chi connectivity index (χ4n) is 4.09. The first-order chi connectivity index (χ1) is 14.4. The van der Waals surface area contributed by atoms with E-state index in [1.54, 1.807) is 4.90 Å². The number of nitrogens with two attached hydrogens (primary N) is 1. The number of nitrogens with zero attached hydrogens (tertiary/aromatic N) is 3. The molecule has 164 valence electrons. The third-order valence-electron chi connectivity index (χ3n) is 6.01. The van der Waals surface area contributed by atoms with Crippen molar-refractivity contribution in [3.8, 4) is 5.88 Å². The number of hydrogen-bond acceptors (Lipinski definition) is 7. The largest absolute Gasteiger partial charge is 0.473 e. The number of amides is 1. The highest BCUT2D eigenvalue weighted by Gasteiger charge is 2.67. The molecule has 4 rings (SSSR count). The Labute approximate surface area is 174 Å². The molecule has 0 bridgehead atoms. The molecule has 0 radical (unpaired) electrons. The van der Waals surface area contributed by atoms with Crippen molar-refractivity contribution in [1.82, 2.24) is 14.2 Å². The molecule has 1 amide bonds. The molecule has 1 aromatic heterocycles. The maximum absolute atomic E-state index is 13.0. The smallest absolute Gasteiger partial charge is 0.244 e. The van der Waals surface area contributed by atoms with Gasteiger partial charge in [-0.3, -0.25) is 4.79 Å².